The summed E-state index contributed by atoms with van der Waals surface area (Å²) in [5.41, 5.74) is 18.8. The minimum absolute atomic E-state index is 0.0264. The predicted molar refractivity (Wildman–Crippen MR) is 578 cm³/mol. The maximum Gasteiger partial charge on any atom is 0.411 e. The van der Waals surface area contributed by atoms with E-state index in [1.807, 2.05) is 206 Å². The summed E-state index contributed by atoms with van der Waals surface area (Å²) < 4.78 is 30.4. The number of quaternary nitrogens is 1. The third kappa shape index (κ3) is 35.5. The van der Waals surface area contributed by atoms with Crippen molar-refractivity contribution < 1.29 is 47.3 Å². The number of hydrogen-bond donors (Lipinski definition) is 4. The van der Waals surface area contributed by atoms with Crippen molar-refractivity contribution in [3.8, 4) is 44.5 Å². The van der Waals surface area contributed by atoms with E-state index in [0.29, 0.717) is 11.8 Å². The standard InChI is InChI=1S/C44H46N4O4.C41H59N3O3.C37H44N4O2/c49-43(46-41-20-9-7-18-39(41)33-12-3-1-4-13-33)51-37-24-22-32(23-25-37)30-35-16-11-17-36(45-35)31-48-28-26-38(27-29-48)52-44(50)47-42-21-10-8-19-40(42)34-14-5-2-6-15-34;1-5-35-17-11-12-20-37(35)33-46-32-16-7-6-15-30-44(3,4)31-26-34(2)23-27-43-28-24-38(25-29-43)47-41(45)42-40-22-14-13-21-39(40)36-18-9-8-10-19-36;1-39(26-28-41(29-31-13-5-2-6-14-31)30-32-15-7-3-8-16-32)25-27-40-23-21-34(22-24-40)43-37(42)38-36-20-12-11-19-35(36)33-17-9-4-10-18-33/h1-21,32,37-38H,22-31H2,(H,46,49)(H,47,50);8-14,17-22,34,38H,5-7,15-16,23-33H2,1-4H3;2-20,34H,21-30H2,1H3,(H,38,42)/p+1. The number of para-hydroxylation sites is 4. The molecule has 0 radical (unpaired) electrons. The third-order valence-electron chi connectivity index (χ3n) is 28.1. The Labute approximate surface area is 844 Å². The van der Waals surface area contributed by atoms with Gasteiger partial charge in [-0.3, -0.25) is 36.1 Å². The van der Waals surface area contributed by atoms with Crippen LogP contribution in [0.25, 0.3) is 44.5 Å². The first kappa shape index (κ1) is 105. The molecule has 3 aliphatic heterocycles. The summed E-state index contributed by atoms with van der Waals surface area (Å²) in [6.07, 6.45) is 16.4. The second-order valence-electron chi connectivity index (χ2n) is 39.4. The molecule has 0 bridgehead atoms. The monoisotopic (exact) mass is 1910 g/mol. The largest absolute Gasteiger partial charge is 0.446 e. The lowest BCUT2D eigenvalue weighted by Crippen LogP contribution is -2.42. The van der Waals surface area contributed by atoms with Crippen LogP contribution in [-0.2, 0) is 62.8 Å². The van der Waals surface area contributed by atoms with E-state index in [1.54, 1.807) is 0 Å². The van der Waals surface area contributed by atoms with Crippen LogP contribution in [0.5, 0.6) is 0 Å². The van der Waals surface area contributed by atoms with Gasteiger partial charge in [0.2, 0.25) is 0 Å². The first-order valence-electron chi connectivity index (χ1n) is 52.1. The number of aryl methyl sites for hydroxylation is 1. The quantitative estimate of drug-likeness (QED) is 0.0160. The molecule has 20 nitrogen and oxygen atoms in total. The van der Waals surface area contributed by atoms with Crippen molar-refractivity contribution in [3.05, 3.63) is 355 Å². The number of likely N-dealkylation sites (N-methyl/N-ethyl adjacent to an activating group) is 1. The Bertz CT molecular complexity index is 5540. The van der Waals surface area contributed by atoms with Gasteiger partial charge in [0.25, 0.3) is 0 Å². The van der Waals surface area contributed by atoms with Crippen LogP contribution >= 0.6 is 0 Å². The molecule has 1 saturated carbocycles. The van der Waals surface area contributed by atoms with Crippen LogP contribution in [0, 0.1) is 11.8 Å². The van der Waals surface area contributed by atoms with Crippen molar-refractivity contribution in [2.75, 3.05) is 134 Å². The van der Waals surface area contributed by atoms with E-state index >= 15 is 0 Å². The van der Waals surface area contributed by atoms with Crippen molar-refractivity contribution in [3.63, 3.8) is 0 Å². The number of piperidine rings is 3. The van der Waals surface area contributed by atoms with Crippen LogP contribution < -0.4 is 21.3 Å². The van der Waals surface area contributed by atoms with Crippen molar-refractivity contribution in [1.29, 1.82) is 0 Å². The fourth-order valence-corrected chi connectivity index (χ4v) is 19.6. The second kappa shape index (κ2) is 56.9. The SMILES string of the molecule is CCc1ccccc1COCCCCCC[N+](C)(C)CCC(C)CCN1CCC(OC(=O)Nc2ccccc2-c2ccccc2)CC1.CN(CCN1CCC(OC(=O)Nc2ccccc2-c2ccccc2)CC1)CCN(Cc1ccccc1)Cc1ccccc1.O=C(Nc1ccccc1-c1ccccc1)OC1CCC(Cc2cccc(CN3CCC(OC(=O)Nc4ccccc4-c4ccccc4)CC3)n2)CC1. The maximum absolute atomic E-state index is 12.9. The van der Waals surface area contributed by atoms with Gasteiger partial charge in [-0.15, -0.1) is 0 Å². The van der Waals surface area contributed by atoms with Crippen molar-refractivity contribution in [2.45, 2.75) is 180 Å². The number of likely N-dealkylation sites (tertiary alicyclic amines) is 3. The maximum atomic E-state index is 12.9. The number of nitrogens with zero attached hydrogens (tertiary/aromatic N) is 7. The number of amides is 4. The molecule has 746 valence electrons. The summed E-state index contributed by atoms with van der Waals surface area (Å²) in [6.45, 7) is 22.1. The number of pyridine rings is 1. The molecule has 4 aliphatic rings. The molecule has 4 N–H and O–H groups in total. The van der Waals surface area contributed by atoms with Gasteiger partial charge in [-0.05, 0) is 215 Å². The number of carbonyl (C=O) groups excluding carboxylic acids is 4. The lowest BCUT2D eigenvalue weighted by molar-refractivity contribution is -0.891. The number of rotatable bonds is 42. The molecule has 1 aromatic heterocycles. The molecular weight excluding hydrogens is 1760 g/mol. The van der Waals surface area contributed by atoms with Crippen LogP contribution in [0.3, 0.4) is 0 Å². The van der Waals surface area contributed by atoms with Crippen molar-refractivity contribution in [1.82, 2.24) is 29.5 Å². The number of unbranched alkanes of at least 4 members (excludes halogenated alkanes) is 3. The Balaban J connectivity index is 0.000000170. The zero-order valence-electron chi connectivity index (χ0n) is 84.3. The van der Waals surface area contributed by atoms with E-state index in [4.69, 9.17) is 28.7 Å². The lowest BCUT2D eigenvalue weighted by atomic mass is 9.84. The highest BCUT2D eigenvalue weighted by atomic mass is 16.6. The van der Waals surface area contributed by atoms with Gasteiger partial charge in [0, 0.05) is 120 Å². The minimum atomic E-state index is -0.412. The Morgan fingerprint density at radius 2 is 0.739 bits per heavy atom. The minimum Gasteiger partial charge on any atom is -0.446 e. The first-order valence-corrected chi connectivity index (χ1v) is 52.1. The summed E-state index contributed by atoms with van der Waals surface area (Å²) in [5, 5.41) is 11.9. The van der Waals surface area contributed by atoms with Crippen LogP contribution in [0.15, 0.2) is 322 Å². The van der Waals surface area contributed by atoms with E-state index in [2.05, 4.69) is 196 Å². The van der Waals surface area contributed by atoms with Gasteiger partial charge < -0.3 is 42.9 Å². The summed E-state index contributed by atoms with van der Waals surface area (Å²) in [4.78, 5) is 68.6. The Kier molecular flexibility index (Phi) is 42.1. The fourth-order valence-electron chi connectivity index (χ4n) is 19.6. The zero-order chi connectivity index (χ0) is 98.6. The first-order chi connectivity index (χ1) is 69.5. The fraction of sp³-hybridized carbons (Fsp3) is 0.385. The lowest BCUT2D eigenvalue weighted by Gasteiger charge is -2.33. The summed E-state index contributed by atoms with van der Waals surface area (Å²) in [6, 6.07) is 108. The van der Waals surface area contributed by atoms with Crippen molar-refractivity contribution in [2.24, 2.45) is 11.8 Å². The topological polar surface area (TPSA) is 192 Å². The highest BCUT2D eigenvalue weighted by Crippen LogP contribution is 2.36. The number of carbonyl (C=O) groups is 4. The average molecular weight is 1910 g/mol. The molecule has 0 spiro atoms. The molecule has 1 aliphatic carbocycles. The molecular formula is C122H150N11O9+. The molecule has 4 heterocycles. The summed E-state index contributed by atoms with van der Waals surface area (Å²) in [7, 11) is 7.00. The van der Waals surface area contributed by atoms with Crippen LogP contribution in [-0.4, -0.2) is 196 Å². The van der Waals surface area contributed by atoms with E-state index in [9.17, 15) is 19.2 Å². The molecule has 142 heavy (non-hydrogen) atoms. The smallest absolute Gasteiger partial charge is 0.411 e. The molecule has 16 rings (SSSR count). The summed E-state index contributed by atoms with van der Waals surface area (Å²) >= 11 is 0. The zero-order valence-corrected chi connectivity index (χ0v) is 84.3. The number of nitrogens with one attached hydrogen (secondary N) is 4. The molecule has 1 atom stereocenters. The highest BCUT2D eigenvalue weighted by molar-refractivity contribution is 5.94. The average Bonchev–Trinajstić information content (AvgIpc) is 0.839. The highest BCUT2D eigenvalue weighted by Gasteiger charge is 2.30. The van der Waals surface area contributed by atoms with E-state index < -0.39 is 12.2 Å². The van der Waals surface area contributed by atoms with Gasteiger partial charge in [0.05, 0.1) is 62.2 Å². The van der Waals surface area contributed by atoms with E-state index in [1.165, 1.54) is 67.4 Å². The Morgan fingerprint density at radius 3 is 1.17 bits per heavy atom. The van der Waals surface area contributed by atoms with Crippen LogP contribution in [0.1, 0.15) is 150 Å². The number of anilines is 4. The molecule has 1 unspecified atom stereocenters. The number of hydrogen-bond acceptors (Lipinski definition) is 15. The number of ether oxygens (including phenoxy) is 5. The number of benzene rings is 11. The van der Waals surface area contributed by atoms with Gasteiger partial charge >= 0.3 is 24.4 Å². The van der Waals surface area contributed by atoms with Gasteiger partial charge in [-0.1, -0.05) is 305 Å². The van der Waals surface area contributed by atoms with E-state index in [-0.39, 0.29) is 36.6 Å². The summed E-state index contributed by atoms with van der Waals surface area (Å²) in [5.74, 6) is 1.23. The Morgan fingerprint density at radius 1 is 0.373 bits per heavy atom. The van der Waals surface area contributed by atoms with Gasteiger partial charge in [0.1, 0.15) is 24.4 Å². The van der Waals surface area contributed by atoms with Gasteiger partial charge in [-0.25, -0.2) is 19.2 Å². The van der Waals surface area contributed by atoms with Crippen LogP contribution in [0.2, 0.25) is 0 Å². The van der Waals surface area contributed by atoms with Crippen molar-refractivity contribution >= 4 is 47.1 Å². The third-order valence-corrected chi connectivity index (χ3v) is 28.1. The second-order valence-corrected chi connectivity index (χ2v) is 39.4. The molecule has 4 amide bonds. The molecule has 20 heteroatoms. The molecule has 12 aromatic rings. The van der Waals surface area contributed by atoms with Crippen LogP contribution in [0.4, 0.5) is 41.9 Å². The molecule has 4 fully saturated rings. The predicted octanol–water partition coefficient (Wildman–Crippen LogP) is 26.2. The van der Waals surface area contributed by atoms with Gasteiger partial charge in [-0.2, -0.15) is 0 Å². The molecule has 3 saturated heterocycles. The molecule has 11 aromatic carbocycles. The van der Waals surface area contributed by atoms with E-state index in [0.717, 1.165) is 271 Å². The Hall–Kier alpha value is -12.6. The van der Waals surface area contributed by atoms with Gasteiger partial charge in [0.15, 0.2) is 0 Å². The number of aromatic nitrogens is 1. The normalized spacial score (nSPS) is 15.8.